The summed E-state index contributed by atoms with van der Waals surface area (Å²) in [5, 5.41) is 0.720. The van der Waals surface area contributed by atoms with Gasteiger partial charge in [0.15, 0.2) is 0 Å². The molecule has 15 heavy (non-hydrogen) atoms. The number of halogens is 1. The number of rotatable bonds is 2. The number of nitrogens with two attached hydrogens (primary N) is 1. The molecule has 2 N–H and O–H groups in total. The maximum Gasteiger partial charge on any atom is 0.147 e. The first-order chi connectivity index (χ1) is 7.33. The van der Waals surface area contributed by atoms with Crippen molar-refractivity contribution in [2.24, 2.45) is 5.73 Å². The number of aromatic nitrogens is 1. The third-order valence-corrected chi connectivity index (χ3v) is 3.21. The highest BCUT2D eigenvalue weighted by Crippen LogP contribution is 2.28. The lowest BCUT2D eigenvalue weighted by molar-refractivity contribution is 0.462. The average Bonchev–Trinajstić information content (AvgIpc) is 2.30. The fourth-order valence-corrected chi connectivity index (χ4v) is 2.34. The van der Waals surface area contributed by atoms with Crippen molar-refractivity contribution in [3.05, 3.63) is 23.4 Å². The Morgan fingerprint density at radius 1 is 1.53 bits per heavy atom. The zero-order valence-corrected chi connectivity index (χ0v) is 9.45. The van der Waals surface area contributed by atoms with Crippen LogP contribution < -0.4 is 10.6 Å². The van der Waals surface area contributed by atoms with Crippen LogP contribution in [0.3, 0.4) is 0 Å². The molecular weight excluding hydrogens is 210 g/mol. The molecule has 2 heterocycles. The molecule has 4 heteroatoms. The molecule has 1 aromatic rings. The van der Waals surface area contributed by atoms with Crippen molar-refractivity contribution in [3.63, 3.8) is 0 Å². The molecule has 82 valence electrons. The molecule has 1 fully saturated rings. The van der Waals surface area contributed by atoms with E-state index in [4.69, 9.17) is 17.3 Å². The van der Waals surface area contributed by atoms with E-state index in [1.54, 1.807) is 6.20 Å². The average molecular weight is 226 g/mol. The van der Waals surface area contributed by atoms with E-state index in [2.05, 4.69) is 9.88 Å². The number of nitrogens with zero attached hydrogens (tertiary/aromatic N) is 2. The first-order valence-electron chi connectivity index (χ1n) is 5.40. The van der Waals surface area contributed by atoms with Crippen LogP contribution in [0, 0.1) is 0 Å². The number of anilines is 1. The van der Waals surface area contributed by atoms with Gasteiger partial charge in [0.1, 0.15) is 5.82 Å². The van der Waals surface area contributed by atoms with E-state index in [0.717, 1.165) is 23.8 Å². The van der Waals surface area contributed by atoms with Crippen molar-refractivity contribution < 1.29 is 0 Å². The van der Waals surface area contributed by atoms with Crippen molar-refractivity contribution in [1.82, 2.24) is 4.98 Å². The Balaban J connectivity index is 2.24. The summed E-state index contributed by atoms with van der Waals surface area (Å²) in [6.07, 6.45) is 5.37. The Bertz CT molecular complexity index is 329. The van der Waals surface area contributed by atoms with Crippen LogP contribution in [0.5, 0.6) is 0 Å². The molecule has 0 amide bonds. The summed E-state index contributed by atoms with van der Waals surface area (Å²) in [4.78, 5) is 6.58. The van der Waals surface area contributed by atoms with E-state index in [9.17, 15) is 0 Å². The summed E-state index contributed by atoms with van der Waals surface area (Å²) >= 11 is 6.13. The van der Waals surface area contributed by atoms with Crippen LogP contribution >= 0.6 is 11.6 Å². The minimum absolute atomic E-state index is 0.395. The van der Waals surface area contributed by atoms with Crippen LogP contribution in [0.15, 0.2) is 18.3 Å². The summed E-state index contributed by atoms with van der Waals surface area (Å²) in [5.74, 6) is 0.884. The lowest BCUT2D eigenvalue weighted by Gasteiger charge is -2.36. The predicted octanol–water partition coefficient (Wildman–Crippen LogP) is 2.05. The van der Waals surface area contributed by atoms with E-state index in [1.165, 1.54) is 12.8 Å². The van der Waals surface area contributed by atoms with E-state index in [1.807, 2.05) is 12.1 Å². The van der Waals surface area contributed by atoms with Crippen molar-refractivity contribution in [2.45, 2.75) is 25.3 Å². The summed E-state index contributed by atoms with van der Waals surface area (Å²) < 4.78 is 0. The van der Waals surface area contributed by atoms with Crippen LogP contribution in [0.25, 0.3) is 0 Å². The van der Waals surface area contributed by atoms with Crippen LogP contribution in [0.1, 0.15) is 19.3 Å². The third kappa shape index (κ3) is 2.24. The molecule has 1 atom stereocenters. The molecule has 2 rings (SSSR count). The fourth-order valence-electron chi connectivity index (χ4n) is 2.11. The van der Waals surface area contributed by atoms with Gasteiger partial charge in [0.25, 0.3) is 0 Å². The molecule has 1 aliphatic heterocycles. The van der Waals surface area contributed by atoms with Crippen LogP contribution in [-0.2, 0) is 0 Å². The predicted molar refractivity (Wildman–Crippen MR) is 63.3 cm³/mol. The molecule has 0 aliphatic carbocycles. The van der Waals surface area contributed by atoms with E-state index >= 15 is 0 Å². The maximum absolute atomic E-state index is 6.13. The maximum atomic E-state index is 6.13. The third-order valence-electron chi connectivity index (χ3n) is 2.91. The summed E-state index contributed by atoms with van der Waals surface area (Å²) in [7, 11) is 0. The highest BCUT2D eigenvalue weighted by molar-refractivity contribution is 6.32. The largest absolute Gasteiger partial charge is 0.351 e. The number of hydrogen-bond donors (Lipinski definition) is 1. The Labute approximate surface area is 95.2 Å². The molecule has 0 spiro atoms. The van der Waals surface area contributed by atoms with Gasteiger partial charge in [-0.2, -0.15) is 0 Å². The highest BCUT2D eigenvalue weighted by atomic mass is 35.5. The van der Waals surface area contributed by atoms with Gasteiger partial charge in [-0.05, 0) is 31.4 Å². The number of pyridine rings is 1. The molecule has 1 unspecified atom stereocenters. The molecule has 0 saturated carbocycles. The second-order valence-corrected chi connectivity index (χ2v) is 4.29. The summed E-state index contributed by atoms with van der Waals surface area (Å²) in [6, 6.07) is 4.13. The van der Waals surface area contributed by atoms with Gasteiger partial charge in [-0.3, -0.25) is 0 Å². The summed E-state index contributed by atoms with van der Waals surface area (Å²) in [5.41, 5.74) is 5.77. The lowest BCUT2D eigenvalue weighted by atomic mass is 10.0. The van der Waals surface area contributed by atoms with Gasteiger partial charge in [-0.25, -0.2) is 4.98 Å². The van der Waals surface area contributed by atoms with Gasteiger partial charge in [-0.15, -0.1) is 0 Å². The molecule has 0 aromatic carbocycles. The Morgan fingerprint density at radius 3 is 3.13 bits per heavy atom. The van der Waals surface area contributed by atoms with Crippen molar-refractivity contribution >= 4 is 17.4 Å². The molecule has 1 saturated heterocycles. The lowest BCUT2D eigenvalue weighted by Crippen LogP contribution is -2.44. The monoisotopic (exact) mass is 225 g/mol. The normalized spacial score (nSPS) is 21.7. The van der Waals surface area contributed by atoms with Crippen molar-refractivity contribution in [3.8, 4) is 0 Å². The SMILES string of the molecule is NCC1CCCCN1c1ncccc1Cl. The second-order valence-electron chi connectivity index (χ2n) is 3.89. The molecule has 3 nitrogen and oxygen atoms in total. The van der Waals surface area contributed by atoms with Crippen LogP contribution in [0.4, 0.5) is 5.82 Å². The Hall–Kier alpha value is -0.800. The minimum atomic E-state index is 0.395. The van der Waals surface area contributed by atoms with Gasteiger partial charge in [0.2, 0.25) is 0 Å². The summed E-state index contributed by atoms with van der Waals surface area (Å²) in [6.45, 7) is 1.69. The number of piperidine rings is 1. The Kier molecular flexibility index (Phi) is 3.44. The van der Waals surface area contributed by atoms with Crippen LogP contribution in [0.2, 0.25) is 5.02 Å². The molecule has 0 bridgehead atoms. The van der Waals surface area contributed by atoms with E-state index in [0.29, 0.717) is 12.6 Å². The number of hydrogen-bond acceptors (Lipinski definition) is 3. The van der Waals surface area contributed by atoms with E-state index in [-0.39, 0.29) is 0 Å². The first-order valence-corrected chi connectivity index (χ1v) is 5.78. The molecule has 0 radical (unpaired) electrons. The fraction of sp³-hybridized carbons (Fsp3) is 0.545. The van der Waals surface area contributed by atoms with Gasteiger partial charge in [0, 0.05) is 25.3 Å². The van der Waals surface area contributed by atoms with Crippen molar-refractivity contribution in [1.29, 1.82) is 0 Å². The second kappa shape index (κ2) is 4.81. The van der Waals surface area contributed by atoms with Gasteiger partial charge in [-0.1, -0.05) is 11.6 Å². The first kappa shape index (κ1) is 10.7. The zero-order chi connectivity index (χ0) is 10.7. The topological polar surface area (TPSA) is 42.1 Å². The van der Waals surface area contributed by atoms with Gasteiger partial charge >= 0.3 is 0 Å². The molecule has 1 aliphatic rings. The minimum Gasteiger partial charge on any atom is -0.351 e. The standard InChI is InChI=1S/C11H16ClN3/c12-10-5-3-6-14-11(10)15-7-2-1-4-9(15)8-13/h3,5-6,9H,1-2,4,7-8,13H2. The van der Waals surface area contributed by atoms with E-state index < -0.39 is 0 Å². The zero-order valence-electron chi connectivity index (χ0n) is 8.69. The Morgan fingerprint density at radius 2 is 2.40 bits per heavy atom. The van der Waals surface area contributed by atoms with Gasteiger partial charge < -0.3 is 10.6 Å². The van der Waals surface area contributed by atoms with Crippen LogP contribution in [-0.4, -0.2) is 24.1 Å². The van der Waals surface area contributed by atoms with Crippen molar-refractivity contribution in [2.75, 3.05) is 18.0 Å². The smallest absolute Gasteiger partial charge is 0.147 e. The highest BCUT2D eigenvalue weighted by Gasteiger charge is 2.23. The molecular formula is C11H16ClN3. The van der Waals surface area contributed by atoms with Gasteiger partial charge in [0.05, 0.1) is 5.02 Å². The quantitative estimate of drug-likeness (QED) is 0.838. The molecule has 1 aromatic heterocycles.